The summed E-state index contributed by atoms with van der Waals surface area (Å²) in [6.07, 6.45) is 2.12. The molecule has 2 aliphatic heterocycles. The van der Waals surface area contributed by atoms with Gasteiger partial charge in [-0.25, -0.2) is 0 Å². The summed E-state index contributed by atoms with van der Waals surface area (Å²) in [5.74, 6) is 1.23. The second-order valence-corrected chi connectivity index (χ2v) is 5.84. The smallest absolute Gasteiger partial charge is 0.236 e. The molecule has 1 saturated heterocycles. The number of hydrogen-bond donors (Lipinski definition) is 0. The molecule has 20 heavy (non-hydrogen) atoms. The Kier molecular flexibility index (Phi) is 2.45. The second-order valence-electron chi connectivity index (χ2n) is 5.84. The average Bonchev–Trinajstić information content (AvgIpc) is 2.95. The van der Waals surface area contributed by atoms with E-state index >= 15 is 0 Å². The Balaban J connectivity index is 1.93. The van der Waals surface area contributed by atoms with Gasteiger partial charge in [-0.2, -0.15) is 0 Å². The number of methoxy groups -OCH3 is 1. The predicted molar refractivity (Wildman–Crippen MR) is 77.2 cm³/mol. The lowest BCUT2D eigenvalue weighted by molar-refractivity contribution is 0.0726. The Morgan fingerprint density at radius 1 is 1.30 bits per heavy atom. The van der Waals surface area contributed by atoms with Crippen LogP contribution in [0, 0.1) is 5.92 Å². The fraction of sp³-hybridized carbons (Fsp3) is 0.438. The van der Waals surface area contributed by atoms with Crippen molar-refractivity contribution in [1.29, 1.82) is 0 Å². The largest absolute Gasteiger partial charge is 0.497 e. The molecule has 4 nitrogen and oxygen atoms in total. The van der Waals surface area contributed by atoms with Gasteiger partial charge < -0.3 is 4.74 Å². The first-order valence-corrected chi connectivity index (χ1v) is 7.14. The number of carbonyl (C=O) groups is 1. The maximum Gasteiger partial charge on any atom is 0.236 e. The first-order valence-electron chi connectivity index (χ1n) is 7.14. The highest BCUT2D eigenvalue weighted by atomic mass is 16.5. The Labute approximate surface area is 117 Å². The summed E-state index contributed by atoms with van der Waals surface area (Å²) in [6.45, 7) is 1.07. The number of benzene rings is 1. The third-order valence-corrected chi connectivity index (χ3v) is 4.76. The van der Waals surface area contributed by atoms with E-state index in [0.29, 0.717) is 0 Å². The molecule has 2 atom stereocenters. The molecule has 0 radical (unpaired) electrons. The monoisotopic (exact) mass is 270 g/mol. The molecule has 0 N–H and O–H groups in total. The van der Waals surface area contributed by atoms with Crippen molar-refractivity contribution in [3.63, 3.8) is 0 Å². The SMILES string of the molecule is COc1ccc2c(c1)cc1n2C(=O)C2CCCN(C)C12. The van der Waals surface area contributed by atoms with Gasteiger partial charge in [0.1, 0.15) is 5.75 Å². The van der Waals surface area contributed by atoms with Crippen LogP contribution in [0.4, 0.5) is 0 Å². The maximum absolute atomic E-state index is 12.7. The van der Waals surface area contributed by atoms with Gasteiger partial charge in [0, 0.05) is 11.1 Å². The van der Waals surface area contributed by atoms with Crippen molar-refractivity contribution in [2.75, 3.05) is 20.7 Å². The van der Waals surface area contributed by atoms with Gasteiger partial charge in [0.15, 0.2) is 0 Å². The van der Waals surface area contributed by atoms with Crippen molar-refractivity contribution in [3.8, 4) is 5.75 Å². The first kappa shape index (κ1) is 12.0. The Morgan fingerprint density at radius 2 is 2.15 bits per heavy atom. The number of rotatable bonds is 1. The van der Waals surface area contributed by atoms with Crippen LogP contribution >= 0.6 is 0 Å². The Hall–Kier alpha value is -1.81. The molecule has 0 bridgehead atoms. The van der Waals surface area contributed by atoms with Crippen LogP contribution in [0.1, 0.15) is 29.4 Å². The highest BCUT2D eigenvalue weighted by Gasteiger charge is 2.44. The summed E-state index contributed by atoms with van der Waals surface area (Å²) < 4.78 is 7.20. The molecular formula is C16H18N2O2. The average molecular weight is 270 g/mol. The second kappa shape index (κ2) is 4.09. The van der Waals surface area contributed by atoms with Gasteiger partial charge >= 0.3 is 0 Å². The van der Waals surface area contributed by atoms with Crippen LogP contribution in [0.15, 0.2) is 24.3 Å². The highest BCUT2D eigenvalue weighted by Crippen LogP contribution is 2.44. The Morgan fingerprint density at radius 3 is 2.95 bits per heavy atom. The number of likely N-dealkylation sites (tertiary alicyclic amines) is 1. The minimum absolute atomic E-state index is 0.134. The summed E-state index contributed by atoms with van der Waals surface area (Å²) in [5, 5.41) is 1.09. The fourth-order valence-electron chi connectivity index (χ4n) is 3.83. The molecule has 0 spiro atoms. The summed E-state index contributed by atoms with van der Waals surface area (Å²) in [4.78, 5) is 15.0. The summed E-state index contributed by atoms with van der Waals surface area (Å²) in [7, 11) is 3.79. The minimum atomic E-state index is 0.134. The molecule has 1 aromatic carbocycles. The van der Waals surface area contributed by atoms with E-state index in [9.17, 15) is 4.79 Å². The quantitative estimate of drug-likeness (QED) is 0.799. The van der Waals surface area contributed by atoms with E-state index < -0.39 is 0 Å². The zero-order valence-electron chi connectivity index (χ0n) is 11.8. The van der Waals surface area contributed by atoms with Crippen LogP contribution in [0.3, 0.4) is 0 Å². The van der Waals surface area contributed by atoms with E-state index in [-0.39, 0.29) is 17.9 Å². The molecule has 1 aromatic heterocycles. The zero-order chi connectivity index (χ0) is 13.9. The third kappa shape index (κ3) is 1.43. The predicted octanol–water partition coefficient (Wildman–Crippen LogP) is 2.69. The topological polar surface area (TPSA) is 34.5 Å². The first-order chi connectivity index (χ1) is 9.70. The van der Waals surface area contributed by atoms with Crippen LogP contribution in [-0.2, 0) is 0 Å². The molecule has 2 unspecified atom stereocenters. The molecule has 2 aliphatic rings. The van der Waals surface area contributed by atoms with E-state index in [1.807, 2.05) is 22.8 Å². The molecule has 4 rings (SSSR count). The van der Waals surface area contributed by atoms with Crippen molar-refractivity contribution in [3.05, 3.63) is 30.0 Å². The van der Waals surface area contributed by atoms with E-state index in [1.165, 1.54) is 0 Å². The van der Waals surface area contributed by atoms with Crippen LogP contribution in [0.2, 0.25) is 0 Å². The number of hydrogen-bond acceptors (Lipinski definition) is 3. The zero-order valence-corrected chi connectivity index (χ0v) is 11.8. The van der Waals surface area contributed by atoms with Crippen molar-refractivity contribution in [2.24, 2.45) is 5.92 Å². The lowest BCUT2D eigenvalue weighted by Gasteiger charge is -2.33. The third-order valence-electron chi connectivity index (χ3n) is 4.76. The molecule has 0 amide bonds. The molecule has 0 aliphatic carbocycles. The van der Waals surface area contributed by atoms with Crippen LogP contribution in [0.25, 0.3) is 10.9 Å². The summed E-state index contributed by atoms with van der Waals surface area (Å²) >= 11 is 0. The molecule has 2 aromatic rings. The standard InChI is InChI=1S/C16H18N2O2/c1-17-7-3-4-12-15(17)14-9-10-8-11(20-2)5-6-13(10)18(14)16(12)19/h5-6,8-9,12,15H,3-4,7H2,1-2H3. The molecular weight excluding hydrogens is 252 g/mol. The molecule has 0 saturated carbocycles. The van der Waals surface area contributed by atoms with Crippen molar-refractivity contribution >= 4 is 16.8 Å². The lowest BCUT2D eigenvalue weighted by atomic mass is 9.89. The molecule has 4 heteroatoms. The van der Waals surface area contributed by atoms with Gasteiger partial charge in [-0.3, -0.25) is 14.3 Å². The summed E-state index contributed by atoms with van der Waals surface area (Å²) in [5.41, 5.74) is 2.15. The van der Waals surface area contributed by atoms with Crippen LogP contribution < -0.4 is 4.74 Å². The van der Waals surface area contributed by atoms with Gasteiger partial charge in [0.25, 0.3) is 0 Å². The maximum atomic E-state index is 12.7. The van der Waals surface area contributed by atoms with Gasteiger partial charge in [-0.15, -0.1) is 0 Å². The number of aromatic nitrogens is 1. The number of fused-ring (bicyclic) bond motifs is 5. The number of nitrogens with zero attached hydrogens (tertiary/aromatic N) is 2. The van der Waals surface area contributed by atoms with Crippen LogP contribution in [0.5, 0.6) is 5.75 Å². The fourth-order valence-corrected chi connectivity index (χ4v) is 3.83. The van der Waals surface area contributed by atoms with Gasteiger partial charge in [0.05, 0.1) is 24.6 Å². The molecule has 104 valence electrons. The minimum Gasteiger partial charge on any atom is -0.497 e. The van der Waals surface area contributed by atoms with Gasteiger partial charge in [-0.1, -0.05) is 0 Å². The lowest BCUT2D eigenvalue weighted by Crippen LogP contribution is -2.35. The van der Waals surface area contributed by atoms with Gasteiger partial charge in [0.2, 0.25) is 5.91 Å². The highest BCUT2D eigenvalue weighted by molar-refractivity contribution is 5.98. The van der Waals surface area contributed by atoms with Crippen molar-refractivity contribution in [1.82, 2.24) is 9.47 Å². The van der Waals surface area contributed by atoms with Gasteiger partial charge in [-0.05, 0) is 50.7 Å². The Bertz CT molecular complexity index is 704. The molecule has 3 heterocycles. The van der Waals surface area contributed by atoms with Crippen molar-refractivity contribution < 1.29 is 9.53 Å². The number of ether oxygens (including phenoxy) is 1. The number of carbonyl (C=O) groups excluding carboxylic acids is 1. The summed E-state index contributed by atoms with van der Waals surface area (Å²) in [6, 6.07) is 8.32. The van der Waals surface area contributed by atoms with Crippen LogP contribution in [-0.4, -0.2) is 36.1 Å². The van der Waals surface area contributed by atoms with E-state index in [2.05, 4.69) is 18.0 Å². The van der Waals surface area contributed by atoms with E-state index in [4.69, 9.17) is 4.74 Å². The normalized spacial score (nSPS) is 25.8. The molecule has 1 fully saturated rings. The number of piperidine rings is 1. The van der Waals surface area contributed by atoms with Crippen molar-refractivity contribution in [2.45, 2.75) is 18.9 Å². The van der Waals surface area contributed by atoms with E-state index in [0.717, 1.165) is 41.7 Å². The van der Waals surface area contributed by atoms with E-state index in [1.54, 1.807) is 7.11 Å².